The molecule has 0 N–H and O–H groups in total. The second-order valence-electron chi connectivity index (χ2n) is 8.18. The van der Waals surface area contributed by atoms with Crippen molar-refractivity contribution in [1.29, 1.82) is 0 Å². The molecule has 0 saturated heterocycles. The molecular weight excluding hydrogens is 318 g/mol. The number of aryl methyl sites for hydroxylation is 2. The standard InChI is InChI=1S/C23H25N3/c1-16-7-9-17(10-8-16)13-19-5-4-6-20(25-19)22-24-15-18-11-12-23(2,3)14-21(18)26-22/h4-10,15H,11-14H2,1-3H3. The predicted molar refractivity (Wildman–Crippen MR) is 105 cm³/mol. The van der Waals surface area contributed by atoms with Gasteiger partial charge in [0.2, 0.25) is 0 Å². The lowest BCUT2D eigenvalue weighted by molar-refractivity contribution is 0.310. The molecule has 1 aromatic carbocycles. The van der Waals surface area contributed by atoms with Gasteiger partial charge in [-0.25, -0.2) is 15.0 Å². The third-order valence-corrected chi connectivity index (χ3v) is 5.21. The van der Waals surface area contributed by atoms with Crippen molar-refractivity contribution in [2.45, 2.75) is 46.5 Å². The zero-order chi connectivity index (χ0) is 18.1. The molecule has 2 aromatic heterocycles. The van der Waals surface area contributed by atoms with Crippen LogP contribution in [-0.4, -0.2) is 15.0 Å². The Kier molecular flexibility index (Phi) is 4.31. The lowest BCUT2D eigenvalue weighted by Crippen LogP contribution is -2.23. The van der Waals surface area contributed by atoms with Gasteiger partial charge < -0.3 is 0 Å². The van der Waals surface area contributed by atoms with Crippen molar-refractivity contribution in [3.8, 4) is 11.5 Å². The molecule has 0 atom stereocenters. The first-order chi connectivity index (χ1) is 12.5. The van der Waals surface area contributed by atoms with E-state index in [1.54, 1.807) is 0 Å². The topological polar surface area (TPSA) is 38.7 Å². The summed E-state index contributed by atoms with van der Waals surface area (Å²) in [7, 11) is 0. The molecule has 0 amide bonds. The quantitative estimate of drug-likeness (QED) is 0.675. The first kappa shape index (κ1) is 16.9. The van der Waals surface area contributed by atoms with Crippen LogP contribution in [0, 0.1) is 12.3 Å². The molecule has 3 aromatic rings. The van der Waals surface area contributed by atoms with Crippen LogP contribution in [0.2, 0.25) is 0 Å². The minimum atomic E-state index is 0.319. The number of hydrogen-bond acceptors (Lipinski definition) is 3. The average molecular weight is 343 g/mol. The molecule has 26 heavy (non-hydrogen) atoms. The molecule has 4 rings (SSSR count). The van der Waals surface area contributed by atoms with E-state index in [-0.39, 0.29) is 0 Å². The van der Waals surface area contributed by atoms with Crippen molar-refractivity contribution in [2.24, 2.45) is 5.41 Å². The summed E-state index contributed by atoms with van der Waals surface area (Å²) in [4.78, 5) is 14.3. The Morgan fingerprint density at radius 3 is 2.62 bits per heavy atom. The van der Waals surface area contributed by atoms with Gasteiger partial charge in [0, 0.05) is 24.0 Å². The van der Waals surface area contributed by atoms with Crippen LogP contribution in [0.5, 0.6) is 0 Å². The second-order valence-corrected chi connectivity index (χ2v) is 8.18. The molecule has 3 heteroatoms. The smallest absolute Gasteiger partial charge is 0.178 e. The summed E-state index contributed by atoms with van der Waals surface area (Å²) in [6.45, 7) is 6.74. The van der Waals surface area contributed by atoms with E-state index in [0.29, 0.717) is 5.41 Å². The molecule has 3 nitrogen and oxygen atoms in total. The van der Waals surface area contributed by atoms with Crippen molar-refractivity contribution in [3.63, 3.8) is 0 Å². The highest BCUT2D eigenvalue weighted by molar-refractivity contribution is 5.50. The number of aromatic nitrogens is 3. The number of nitrogens with zero attached hydrogens (tertiary/aromatic N) is 3. The summed E-state index contributed by atoms with van der Waals surface area (Å²) in [6.07, 6.45) is 6.12. The Hall–Kier alpha value is -2.55. The van der Waals surface area contributed by atoms with Gasteiger partial charge in [0.25, 0.3) is 0 Å². The average Bonchev–Trinajstić information content (AvgIpc) is 2.62. The molecule has 2 heterocycles. The lowest BCUT2D eigenvalue weighted by atomic mass is 9.77. The molecule has 0 unspecified atom stereocenters. The van der Waals surface area contributed by atoms with E-state index in [0.717, 1.165) is 36.5 Å². The first-order valence-electron chi connectivity index (χ1n) is 9.35. The summed E-state index contributed by atoms with van der Waals surface area (Å²) in [6, 6.07) is 14.8. The zero-order valence-electron chi connectivity index (χ0n) is 15.8. The fraction of sp³-hybridized carbons (Fsp3) is 0.348. The van der Waals surface area contributed by atoms with Crippen LogP contribution in [0.1, 0.15) is 48.3 Å². The molecule has 0 radical (unpaired) electrons. The third kappa shape index (κ3) is 3.67. The number of benzene rings is 1. The fourth-order valence-corrected chi connectivity index (χ4v) is 3.56. The van der Waals surface area contributed by atoms with Crippen LogP contribution in [0.3, 0.4) is 0 Å². The highest BCUT2D eigenvalue weighted by Crippen LogP contribution is 2.34. The molecule has 1 aliphatic carbocycles. The maximum Gasteiger partial charge on any atom is 0.178 e. The van der Waals surface area contributed by atoms with Crippen molar-refractivity contribution >= 4 is 0 Å². The maximum atomic E-state index is 4.87. The van der Waals surface area contributed by atoms with Gasteiger partial charge in [-0.3, -0.25) is 0 Å². The number of pyridine rings is 1. The van der Waals surface area contributed by atoms with Crippen LogP contribution >= 0.6 is 0 Å². The second kappa shape index (κ2) is 6.64. The Morgan fingerprint density at radius 2 is 1.81 bits per heavy atom. The van der Waals surface area contributed by atoms with Crippen LogP contribution in [0.4, 0.5) is 0 Å². The van der Waals surface area contributed by atoms with Crippen LogP contribution in [-0.2, 0) is 19.3 Å². The van der Waals surface area contributed by atoms with Gasteiger partial charge in [-0.1, -0.05) is 49.7 Å². The largest absolute Gasteiger partial charge is 0.249 e. The number of fused-ring (bicyclic) bond motifs is 1. The van der Waals surface area contributed by atoms with Gasteiger partial charge >= 0.3 is 0 Å². The van der Waals surface area contributed by atoms with Crippen molar-refractivity contribution in [2.75, 3.05) is 0 Å². The van der Waals surface area contributed by atoms with Crippen molar-refractivity contribution in [1.82, 2.24) is 15.0 Å². The van der Waals surface area contributed by atoms with E-state index in [4.69, 9.17) is 9.97 Å². The van der Waals surface area contributed by atoms with Gasteiger partial charge in [-0.2, -0.15) is 0 Å². The molecule has 0 saturated carbocycles. The monoisotopic (exact) mass is 343 g/mol. The fourth-order valence-electron chi connectivity index (χ4n) is 3.56. The lowest BCUT2D eigenvalue weighted by Gasteiger charge is -2.30. The highest BCUT2D eigenvalue weighted by atomic mass is 14.9. The maximum absolute atomic E-state index is 4.87. The van der Waals surface area contributed by atoms with Crippen LogP contribution < -0.4 is 0 Å². The minimum absolute atomic E-state index is 0.319. The van der Waals surface area contributed by atoms with Gasteiger partial charge in [0.15, 0.2) is 5.82 Å². The van der Waals surface area contributed by atoms with Crippen LogP contribution in [0.25, 0.3) is 11.5 Å². The molecule has 0 aliphatic heterocycles. The van der Waals surface area contributed by atoms with E-state index < -0.39 is 0 Å². The molecule has 0 fully saturated rings. The Bertz CT molecular complexity index is 926. The SMILES string of the molecule is Cc1ccc(Cc2cccc(-c3ncc4c(n3)CC(C)(C)CC4)n2)cc1. The van der Waals surface area contributed by atoms with E-state index in [9.17, 15) is 0 Å². The summed E-state index contributed by atoms with van der Waals surface area (Å²) in [5.41, 5.74) is 7.27. The van der Waals surface area contributed by atoms with Gasteiger partial charge in [-0.05, 0) is 54.9 Å². The third-order valence-electron chi connectivity index (χ3n) is 5.21. The van der Waals surface area contributed by atoms with Crippen molar-refractivity contribution in [3.05, 3.63) is 76.7 Å². The zero-order valence-corrected chi connectivity index (χ0v) is 15.8. The Morgan fingerprint density at radius 1 is 1.00 bits per heavy atom. The molecule has 1 aliphatic rings. The molecule has 132 valence electrons. The van der Waals surface area contributed by atoms with Gasteiger partial charge in [0.05, 0.1) is 0 Å². The summed E-state index contributed by atoms with van der Waals surface area (Å²) < 4.78 is 0. The highest BCUT2D eigenvalue weighted by Gasteiger charge is 2.26. The Labute approximate surface area is 155 Å². The Balaban J connectivity index is 1.61. The normalized spacial score (nSPS) is 15.5. The first-order valence-corrected chi connectivity index (χ1v) is 9.35. The summed E-state index contributed by atoms with van der Waals surface area (Å²) in [5, 5.41) is 0. The number of hydrogen-bond donors (Lipinski definition) is 0. The van der Waals surface area contributed by atoms with Gasteiger partial charge in [0.1, 0.15) is 5.69 Å². The minimum Gasteiger partial charge on any atom is -0.249 e. The van der Waals surface area contributed by atoms with Crippen LogP contribution in [0.15, 0.2) is 48.7 Å². The summed E-state index contributed by atoms with van der Waals surface area (Å²) in [5.74, 6) is 0.743. The molecule has 0 bridgehead atoms. The van der Waals surface area contributed by atoms with E-state index >= 15 is 0 Å². The van der Waals surface area contributed by atoms with E-state index in [1.165, 1.54) is 28.8 Å². The molecular formula is C23H25N3. The number of rotatable bonds is 3. The molecule has 0 spiro atoms. The predicted octanol–water partition coefficient (Wildman–Crippen LogP) is 4.95. The summed E-state index contributed by atoms with van der Waals surface area (Å²) >= 11 is 0. The van der Waals surface area contributed by atoms with Gasteiger partial charge in [-0.15, -0.1) is 0 Å². The van der Waals surface area contributed by atoms with E-state index in [2.05, 4.69) is 62.2 Å². The van der Waals surface area contributed by atoms with Crippen molar-refractivity contribution < 1.29 is 0 Å². The van der Waals surface area contributed by atoms with E-state index in [1.807, 2.05) is 12.3 Å².